The Hall–Kier alpha value is -0.560. The van der Waals surface area contributed by atoms with Gasteiger partial charge in [0.2, 0.25) is 0 Å². The molecule has 0 N–H and O–H groups in total. The van der Waals surface area contributed by atoms with Gasteiger partial charge < -0.3 is 0 Å². The summed E-state index contributed by atoms with van der Waals surface area (Å²) in [5.74, 6) is 0. The molecule has 9 heavy (non-hydrogen) atoms. The van der Waals surface area contributed by atoms with E-state index in [9.17, 15) is 0 Å². The smallest absolute Gasteiger partial charge is 0.0538 e. The molecule has 0 amide bonds. The predicted molar refractivity (Wildman–Crippen MR) is 44.2 cm³/mol. The van der Waals surface area contributed by atoms with Gasteiger partial charge in [0.25, 0.3) is 0 Å². The molecule has 1 aromatic carbocycles. The second-order valence-corrected chi connectivity index (χ2v) is 2.52. The van der Waals surface area contributed by atoms with Crippen LogP contribution in [-0.2, 0) is 0 Å². The van der Waals surface area contributed by atoms with E-state index >= 15 is 0 Å². The zero-order chi connectivity index (χ0) is 8.27. The van der Waals surface area contributed by atoms with E-state index in [2.05, 4.69) is 15.9 Å². The van der Waals surface area contributed by atoms with E-state index in [4.69, 9.17) is 2.74 Å². The summed E-state index contributed by atoms with van der Waals surface area (Å²) in [6, 6.07) is 7.51. The van der Waals surface area contributed by atoms with Crippen molar-refractivity contribution < 1.29 is 2.74 Å². The lowest BCUT2D eigenvalue weighted by Gasteiger charge is -1.93. The summed E-state index contributed by atoms with van der Waals surface area (Å²) in [5.41, 5.74) is 0.868. The number of benzene rings is 1. The van der Waals surface area contributed by atoms with Crippen LogP contribution in [0.1, 0.15) is 8.30 Å². The standard InChI is InChI=1S/C8H7Br/c1-2-7-5-3-4-6-8(7)9/h2-6H,1H2/i1D2. The Morgan fingerprint density at radius 1 is 1.56 bits per heavy atom. The Bertz CT molecular complexity index is 277. The van der Waals surface area contributed by atoms with Gasteiger partial charge in [-0.2, -0.15) is 0 Å². The van der Waals surface area contributed by atoms with Crippen LogP contribution in [0.15, 0.2) is 35.3 Å². The molecule has 1 heteroatoms. The number of rotatable bonds is 1. The molecule has 0 atom stereocenters. The summed E-state index contributed by atoms with van der Waals surface area (Å²) < 4.78 is 14.8. The maximum absolute atomic E-state index is 6.92. The predicted octanol–water partition coefficient (Wildman–Crippen LogP) is 3.09. The first kappa shape index (κ1) is 4.29. The molecule has 0 bridgehead atoms. The highest BCUT2D eigenvalue weighted by Gasteiger charge is 1.88. The fourth-order valence-electron chi connectivity index (χ4n) is 0.592. The van der Waals surface area contributed by atoms with Gasteiger partial charge in [-0.1, -0.05) is 46.7 Å². The highest BCUT2D eigenvalue weighted by Crippen LogP contribution is 2.15. The normalized spacial score (nSPS) is 11.7. The van der Waals surface area contributed by atoms with Gasteiger partial charge in [0.15, 0.2) is 0 Å². The van der Waals surface area contributed by atoms with Crippen molar-refractivity contribution in [3.8, 4) is 0 Å². The van der Waals surface area contributed by atoms with Crippen LogP contribution in [0.4, 0.5) is 0 Å². The largest absolute Gasteiger partial charge is 0.0984 e. The highest BCUT2D eigenvalue weighted by atomic mass is 79.9. The van der Waals surface area contributed by atoms with Crippen molar-refractivity contribution >= 4 is 22.0 Å². The molecule has 0 unspecified atom stereocenters. The van der Waals surface area contributed by atoms with Crippen molar-refractivity contribution in [3.63, 3.8) is 0 Å². The molecule has 0 aliphatic heterocycles. The fourth-order valence-corrected chi connectivity index (χ4v) is 0.991. The van der Waals surface area contributed by atoms with Gasteiger partial charge in [-0.3, -0.25) is 0 Å². The maximum atomic E-state index is 6.92. The third-order valence-corrected chi connectivity index (χ3v) is 1.78. The zero-order valence-electron chi connectivity index (χ0n) is 6.76. The van der Waals surface area contributed by atoms with E-state index in [1.54, 1.807) is 0 Å². The molecular weight excluding hydrogens is 176 g/mol. The number of halogens is 1. The van der Waals surface area contributed by atoms with E-state index in [-0.39, 0.29) is 6.53 Å². The maximum Gasteiger partial charge on any atom is 0.0538 e. The Balaban J connectivity index is 3.04. The third kappa shape index (κ3) is 1.42. The van der Waals surface area contributed by atoms with Crippen molar-refractivity contribution in [1.82, 2.24) is 0 Å². The van der Waals surface area contributed by atoms with Gasteiger partial charge in [-0.05, 0) is 11.6 Å². The first-order chi connectivity index (χ1) is 5.20. The molecule has 0 radical (unpaired) electrons. The molecule has 0 saturated carbocycles. The van der Waals surface area contributed by atoms with Gasteiger partial charge in [-0.15, -0.1) is 0 Å². The molecule has 0 nitrogen and oxygen atoms in total. The molecule has 0 aliphatic carbocycles. The Labute approximate surface area is 66.1 Å². The van der Waals surface area contributed by atoms with Crippen LogP contribution in [-0.4, -0.2) is 0 Å². The minimum atomic E-state index is -0.183. The third-order valence-electron chi connectivity index (χ3n) is 1.06. The molecule has 0 saturated heterocycles. The van der Waals surface area contributed by atoms with Gasteiger partial charge in [0.05, 0.1) is 2.74 Å². The van der Waals surface area contributed by atoms with Crippen molar-refractivity contribution in [1.29, 1.82) is 0 Å². The molecule has 0 aliphatic rings. The molecular formula is C8H7Br. The van der Waals surface area contributed by atoms with Gasteiger partial charge in [0.1, 0.15) is 0 Å². The van der Waals surface area contributed by atoms with E-state index in [0.29, 0.717) is 0 Å². The van der Waals surface area contributed by atoms with E-state index in [0.717, 1.165) is 10.0 Å². The first-order valence-corrected chi connectivity index (χ1v) is 3.39. The van der Waals surface area contributed by atoms with Crippen LogP contribution in [0.3, 0.4) is 0 Å². The minimum absolute atomic E-state index is 0.183. The summed E-state index contributed by atoms with van der Waals surface area (Å²) in [4.78, 5) is 0. The fraction of sp³-hybridized carbons (Fsp3) is 0. The second kappa shape index (κ2) is 2.83. The van der Waals surface area contributed by atoms with Crippen LogP contribution < -0.4 is 0 Å². The lowest BCUT2D eigenvalue weighted by atomic mass is 10.2. The van der Waals surface area contributed by atoms with E-state index < -0.39 is 0 Å². The second-order valence-electron chi connectivity index (χ2n) is 1.67. The van der Waals surface area contributed by atoms with Crippen molar-refractivity contribution in [2.45, 2.75) is 0 Å². The molecule has 0 aromatic heterocycles. The van der Waals surface area contributed by atoms with Gasteiger partial charge >= 0.3 is 0 Å². The first-order valence-electron chi connectivity index (χ1n) is 3.59. The molecule has 46 valence electrons. The van der Waals surface area contributed by atoms with Crippen molar-refractivity contribution in [3.05, 3.63) is 40.8 Å². The SMILES string of the molecule is [2H]C([2H])=Cc1ccccc1Br. The topological polar surface area (TPSA) is 0 Å². The summed E-state index contributed by atoms with van der Waals surface area (Å²) >= 11 is 3.31. The quantitative estimate of drug-likeness (QED) is 0.630. The molecule has 1 rings (SSSR count). The van der Waals surface area contributed by atoms with Crippen molar-refractivity contribution in [2.24, 2.45) is 0 Å². The van der Waals surface area contributed by atoms with E-state index in [1.165, 1.54) is 6.08 Å². The summed E-state index contributed by atoms with van der Waals surface area (Å²) in [6.45, 7) is -0.183. The Kier molecular flexibility index (Phi) is 1.35. The molecule has 0 spiro atoms. The number of hydrogen-bond acceptors (Lipinski definition) is 0. The highest BCUT2D eigenvalue weighted by molar-refractivity contribution is 9.10. The van der Waals surface area contributed by atoms with Crippen molar-refractivity contribution in [2.75, 3.05) is 0 Å². The van der Waals surface area contributed by atoms with Crippen LogP contribution in [0, 0.1) is 0 Å². The average molecular weight is 185 g/mol. The Morgan fingerprint density at radius 2 is 2.33 bits per heavy atom. The minimum Gasteiger partial charge on any atom is -0.0984 e. The lowest BCUT2D eigenvalue weighted by Crippen LogP contribution is -1.70. The molecule has 0 fully saturated rings. The van der Waals surface area contributed by atoms with Gasteiger partial charge in [-0.25, -0.2) is 0 Å². The van der Waals surface area contributed by atoms with Crippen LogP contribution in [0.25, 0.3) is 6.08 Å². The summed E-state index contributed by atoms with van der Waals surface area (Å²) in [6.07, 6.45) is 1.49. The molecule has 0 heterocycles. The van der Waals surface area contributed by atoms with Crippen LogP contribution in [0.2, 0.25) is 0 Å². The Morgan fingerprint density at radius 3 is 3.00 bits per heavy atom. The van der Waals surface area contributed by atoms with E-state index in [1.807, 2.05) is 24.3 Å². The molecule has 1 aromatic rings. The van der Waals surface area contributed by atoms with Crippen LogP contribution in [0.5, 0.6) is 0 Å². The average Bonchev–Trinajstić information content (AvgIpc) is 1.93. The summed E-state index contributed by atoms with van der Waals surface area (Å²) in [7, 11) is 0. The number of hydrogen-bond donors (Lipinski definition) is 0. The van der Waals surface area contributed by atoms with Crippen LogP contribution >= 0.6 is 15.9 Å². The lowest BCUT2D eigenvalue weighted by molar-refractivity contribution is 1.61. The zero-order valence-corrected chi connectivity index (χ0v) is 6.35. The van der Waals surface area contributed by atoms with Gasteiger partial charge in [0, 0.05) is 4.47 Å². The summed E-state index contributed by atoms with van der Waals surface area (Å²) in [5, 5.41) is 0. The monoisotopic (exact) mass is 184 g/mol.